The van der Waals surface area contributed by atoms with Crippen LogP contribution in [0.2, 0.25) is 5.02 Å². The average Bonchev–Trinajstić information content (AvgIpc) is 3.01. The van der Waals surface area contributed by atoms with Crippen molar-refractivity contribution in [3.63, 3.8) is 0 Å². The Balaban J connectivity index is 1.60. The highest BCUT2D eigenvalue weighted by Crippen LogP contribution is 2.23. The van der Waals surface area contributed by atoms with Gasteiger partial charge in [-0.3, -0.25) is 4.79 Å². The molecule has 1 aromatic carbocycles. The standard InChI is InChI=1S/C19H22ClNO3/c1-13-9-14(2)11-21(10-13)19(22)18-8-7-17(24-18)12-23-16-5-3-15(20)4-6-16/h3-8,13-14H,9-12H2,1-2H3. The predicted octanol–water partition coefficient (Wildman–Crippen LogP) is 4.63. The number of ether oxygens (including phenoxy) is 1. The maximum atomic E-state index is 12.6. The Bertz CT molecular complexity index is 685. The van der Waals surface area contributed by atoms with Gasteiger partial charge in [-0.15, -0.1) is 0 Å². The zero-order valence-corrected chi connectivity index (χ0v) is 14.8. The first-order valence-electron chi connectivity index (χ1n) is 8.27. The van der Waals surface area contributed by atoms with E-state index in [1.165, 1.54) is 6.42 Å². The molecule has 0 spiro atoms. The molecule has 2 unspecified atom stereocenters. The summed E-state index contributed by atoms with van der Waals surface area (Å²) in [5.74, 6) is 2.74. The van der Waals surface area contributed by atoms with Gasteiger partial charge in [0.05, 0.1) is 0 Å². The van der Waals surface area contributed by atoms with Gasteiger partial charge in [0.1, 0.15) is 18.1 Å². The van der Waals surface area contributed by atoms with Gasteiger partial charge in [0, 0.05) is 18.1 Å². The SMILES string of the molecule is CC1CC(C)CN(C(=O)c2ccc(COc3ccc(Cl)cc3)o2)C1. The van der Waals surface area contributed by atoms with Crippen molar-refractivity contribution >= 4 is 17.5 Å². The number of piperidine rings is 1. The van der Waals surface area contributed by atoms with Crippen LogP contribution in [0.5, 0.6) is 5.75 Å². The molecular formula is C19H22ClNO3. The summed E-state index contributed by atoms with van der Waals surface area (Å²) in [5, 5.41) is 0.665. The molecular weight excluding hydrogens is 326 g/mol. The summed E-state index contributed by atoms with van der Waals surface area (Å²) >= 11 is 5.85. The van der Waals surface area contributed by atoms with Crippen LogP contribution in [0, 0.1) is 11.8 Å². The minimum absolute atomic E-state index is 0.0360. The molecule has 0 radical (unpaired) electrons. The number of benzene rings is 1. The van der Waals surface area contributed by atoms with E-state index in [1.54, 1.807) is 36.4 Å². The number of halogens is 1. The molecule has 1 aliphatic heterocycles. The van der Waals surface area contributed by atoms with Crippen LogP contribution in [0.15, 0.2) is 40.8 Å². The van der Waals surface area contributed by atoms with E-state index in [9.17, 15) is 4.79 Å². The normalized spacial score (nSPS) is 20.9. The van der Waals surface area contributed by atoms with Crippen LogP contribution in [-0.2, 0) is 6.61 Å². The number of hydrogen-bond donors (Lipinski definition) is 0. The largest absolute Gasteiger partial charge is 0.486 e. The van der Waals surface area contributed by atoms with Crippen molar-refractivity contribution in [1.29, 1.82) is 0 Å². The summed E-state index contributed by atoms with van der Waals surface area (Å²) in [7, 11) is 0. The molecule has 4 nitrogen and oxygen atoms in total. The quantitative estimate of drug-likeness (QED) is 0.809. The number of carbonyl (C=O) groups is 1. The Kier molecular flexibility index (Phi) is 5.14. The molecule has 0 bridgehead atoms. The van der Waals surface area contributed by atoms with Crippen molar-refractivity contribution in [2.75, 3.05) is 13.1 Å². The van der Waals surface area contributed by atoms with Gasteiger partial charge in [0.2, 0.25) is 0 Å². The summed E-state index contributed by atoms with van der Waals surface area (Å²) < 4.78 is 11.3. The third-order valence-electron chi connectivity index (χ3n) is 4.22. The van der Waals surface area contributed by atoms with Crippen molar-refractivity contribution in [3.8, 4) is 5.75 Å². The van der Waals surface area contributed by atoms with Gasteiger partial charge in [-0.1, -0.05) is 25.4 Å². The van der Waals surface area contributed by atoms with E-state index in [0.29, 0.717) is 34.1 Å². The molecule has 24 heavy (non-hydrogen) atoms. The van der Waals surface area contributed by atoms with Gasteiger partial charge in [-0.2, -0.15) is 0 Å². The van der Waals surface area contributed by atoms with Crippen LogP contribution in [0.4, 0.5) is 0 Å². The first-order chi connectivity index (χ1) is 11.5. The first-order valence-corrected chi connectivity index (χ1v) is 8.65. The fourth-order valence-corrected chi connectivity index (χ4v) is 3.37. The van der Waals surface area contributed by atoms with Crippen molar-refractivity contribution < 1.29 is 13.9 Å². The van der Waals surface area contributed by atoms with Crippen LogP contribution in [0.3, 0.4) is 0 Å². The molecule has 3 rings (SSSR count). The lowest BCUT2D eigenvalue weighted by atomic mass is 9.92. The second kappa shape index (κ2) is 7.31. The number of amides is 1. The molecule has 5 heteroatoms. The number of furan rings is 1. The third-order valence-corrected chi connectivity index (χ3v) is 4.48. The highest BCUT2D eigenvalue weighted by atomic mass is 35.5. The van der Waals surface area contributed by atoms with E-state index in [4.69, 9.17) is 20.8 Å². The topological polar surface area (TPSA) is 42.7 Å². The van der Waals surface area contributed by atoms with E-state index in [1.807, 2.05) is 4.90 Å². The van der Waals surface area contributed by atoms with Crippen molar-refractivity contribution in [2.45, 2.75) is 26.9 Å². The molecule has 1 amide bonds. The average molecular weight is 348 g/mol. The molecule has 2 aromatic rings. The fraction of sp³-hybridized carbons (Fsp3) is 0.421. The molecule has 128 valence electrons. The lowest BCUT2D eigenvalue weighted by Crippen LogP contribution is -2.42. The molecule has 0 aliphatic carbocycles. The van der Waals surface area contributed by atoms with Gasteiger partial charge in [0.15, 0.2) is 5.76 Å². The van der Waals surface area contributed by atoms with Gasteiger partial charge in [-0.25, -0.2) is 0 Å². The third kappa shape index (κ3) is 4.12. The number of nitrogens with zero attached hydrogens (tertiary/aromatic N) is 1. The minimum Gasteiger partial charge on any atom is -0.486 e. The van der Waals surface area contributed by atoms with Crippen molar-refractivity contribution in [1.82, 2.24) is 4.90 Å². The Labute approximate surface area is 147 Å². The molecule has 0 saturated carbocycles. The Morgan fingerprint density at radius 3 is 2.50 bits per heavy atom. The monoisotopic (exact) mass is 347 g/mol. The molecule has 0 N–H and O–H groups in total. The highest BCUT2D eigenvalue weighted by molar-refractivity contribution is 6.30. The molecule has 1 aromatic heterocycles. The maximum absolute atomic E-state index is 12.6. The van der Waals surface area contributed by atoms with Crippen LogP contribution < -0.4 is 4.74 Å². The smallest absolute Gasteiger partial charge is 0.289 e. The van der Waals surface area contributed by atoms with E-state index >= 15 is 0 Å². The maximum Gasteiger partial charge on any atom is 0.289 e. The molecule has 2 atom stereocenters. The van der Waals surface area contributed by atoms with E-state index in [0.717, 1.165) is 13.1 Å². The lowest BCUT2D eigenvalue weighted by molar-refractivity contribution is 0.0587. The highest BCUT2D eigenvalue weighted by Gasteiger charge is 2.27. The lowest BCUT2D eigenvalue weighted by Gasteiger charge is -2.34. The second-order valence-electron chi connectivity index (χ2n) is 6.66. The van der Waals surface area contributed by atoms with Crippen molar-refractivity contribution in [3.05, 3.63) is 52.9 Å². The summed E-state index contributed by atoms with van der Waals surface area (Å²) in [4.78, 5) is 14.5. The van der Waals surface area contributed by atoms with Crippen LogP contribution in [0.1, 0.15) is 36.6 Å². The van der Waals surface area contributed by atoms with Gasteiger partial charge >= 0.3 is 0 Å². The molecule has 1 saturated heterocycles. The van der Waals surface area contributed by atoms with Gasteiger partial charge < -0.3 is 14.1 Å². The van der Waals surface area contributed by atoms with Crippen LogP contribution >= 0.6 is 11.6 Å². The summed E-state index contributed by atoms with van der Waals surface area (Å²) in [6.45, 7) is 6.23. The number of hydrogen-bond acceptors (Lipinski definition) is 3. The minimum atomic E-state index is -0.0360. The van der Waals surface area contributed by atoms with E-state index < -0.39 is 0 Å². The second-order valence-corrected chi connectivity index (χ2v) is 7.10. The number of likely N-dealkylation sites (tertiary alicyclic amines) is 1. The van der Waals surface area contributed by atoms with E-state index in [2.05, 4.69) is 13.8 Å². The van der Waals surface area contributed by atoms with Crippen LogP contribution in [-0.4, -0.2) is 23.9 Å². The van der Waals surface area contributed by atoms with Crippen molar-refractivity contribution in [2.24, 2.45) is 11.8 Å². The Hall–Kier alpha value is -1.94. The zero-order chi connectivity index (χ0) is 17.1. The van der Waals surface area contributed by atoms with E-state index in [-0.39, 0.29) is 12.5 Å². The molecule has 1 fully saturated rings. The molecule has 1 aliphatic rings. The summed E-state index contributed by atoms with van der Waals surface area (Å²) in [6.07, 6.45) is 1.17. The fourth-order valence-electron chi connectivity index (χ4n) is 3.24. The Morgan fingerprint density at radius 2 is 1.83 bits per heavy atom. The number of carbonyl (C=O) groups excluding carboxylic acids is 1. The van der Waals surface area contributed by atoms with Gasteiger partial charge in [0.25, 0.3) is 5.91 Å². The summed E-state index contributed by atoms with van der Waals surface area (Å²) in [6, 6.07) is 10.7. The Morgan fingerprint density at radius 1 is 1.17 bits per heavy atom. The zero-order valence-electron chi connectivity index (χ0n) is 14.0. The first kappa shape index (κ1) is 16.9. The number of rotatable bonds is 4. The predicted molar refractivity (Wildman–Crippen MR) is 93.3 cm³/mol. The summed E-state index contributed by atoms with van der Waals surface area (Å²) in [5.41, 5.74) is 0. The van der Waals surface area contributed by atoms with Gasteiger partial charge in [-0.05, 0) is 54.7 Å². The molecule has 2 heterocycles. The van der Waals surface area contributed by atoms with Crippen LogP contribution in [0.25, 0.3) is 0 Å².